The summed E-state index contributed by atoms with van der Waals surface area (Å²) >= 11 is 0. The lowest BCUT2D eigenvalue weighted by Crippen LogP contribution is -2.40. The third-order valence-electron chi connectivity index (χ3n) is 4.50. The quantitative estimate of drug-likeness (QED) is 0.476. The van der Waals surface area contributed by atoms with Crippen molar-refractivity contribution in [3.63, 3.8) is 0 Å². The first-order chi connectivity index (χ1) is 12.3. The number of carbonyl (C=O) groups is 1. The molecule has 1 aromatic carbocycles. The molecule has 0 amide bonds. The number of aromatic nitrogens is 2. The molecule has 2 heterocycles. The summed E-state index contributed by atoms with van der Waals surface area (Å²) in [6.07, 6.45) is 1.33. The molecule has 0 fully saturated rings. The summed E-state index contributed by atoms with van der Waals surface area (Å²) in [7, 11) is 0. The van der Waals surface area contributed by atoms with Gasteiger partial charge in [-0.3, -0.25) is 19.5 Å². The number of nitro benzene ring substituents is 1. The van der Waals surface area contributed by atoms with Crippen molar-refractivity contribution in [1.82, 2.24) is 9.55 Å². The van der Waals surface area contributed by atoms with Gasteiger partial charge in [0.2, 0.25) is 0 Å². The standard InChI is InChI=1S/C16H15N5O5/c1-8-13(19-17)6-11(9-3-2-4-10(5-9)21(25)26)14-18-7-12(16(23)24)15(22)20(8)14/h2-5,7-8,11H,6,17H2,1H3,(H,23,24). The van der Waals surface area contributed by atoms with Crippen LogP contribution < -0.4 is 11.4 Å². The van der Waals surface area contributed by atoms with Crippen LogP contribution >= 0.6 is 0 Å². The summed E-state index contributed by atoms with van der Waals surface area (Å²) in [5.41, 5.74) is -0.234. The SMILES string of the molecule is CC1C(=NN)CC(c2cccc([N+](=O)[O-])c2)c2ncc(C(=O)O)c(=O)n21. The molecule has 3 rings (SSSR count). The van der Waals surface area contributed by atoms with E-state index < -0.39 is 34.0 Å². The van der Waals surface area contributed by atoms with E-state index >= 15 is 0 Å². The molecule has 0 spiro atoms. The summed E-state index contributed by atoms with van der Waals surface area (Å²) in [5.74, 6) is 3.87. The molecule has 26 heavy (non-hydrogen) atoms. The van der Waals surface area contributed by atoms with Crippen LogP contribution in [0.5, 0.6) is 0 Å². The van der Waals surface area contributed by atoms with Crippen molar-refractivity contribution in [2.24, 2.45) is 10.9 Å². The van der Waals surface area contributed by atoms with Crippen LogP contribution in [-0.2, 0) is 0 Å². The van der Waals surface area contributed by atoms with Crippen LogP contribution in [0.1, 0.15) is 47.1 Å². The molecule has 0 saturated heterocycles. The molecule has 134 valence electrons. The minimum absolute atomic E-state index is 0.0941. The van der Waals surface area contributed by atoms with Gasteiger partial charge in [-0.05, 0) is 12.5 Å². The molecule has 1 aliphatic heterocycles. The monoisotopic (exact) mass is 357 g/mol. The van der Waals surface area contributed by atoms with Gasteiger partial charge in [0.05, 0.1) is 16.7 Å². The number of hydrogen-bond donors (Lipinski definition) is 2. The molecular formula is C16H15N5O5. The first-order valence-electron chi connectivity index (χ1n) is 7.70. The number of nitrogens with zero attached hydrogens (tertiary/aromatic N) is 4. The zero-order valence-corrected chi connectivity index (χ0v) is 13.7. The van der Waals surface area contributed by atoms with Crippen LogP contribution in [0.15, 0.2) is 40.4 Å². The Morgan fingerprint density at radius 3 is 2.85 bits per heavy atom. The molecule has 1 aliphatic rings. The molecule has 2 unspecified atom stereocenters. The smallest absolute Gasteiger partial charge is 0.342 e. The number of aromatic carboxylic acids is 1. The molecule has 10 nitrogen and oxygen atoms in total. The molecule has 0 saturated carbocycles. The fourth-order valence-electron chi connectivity index (χ4n) is 3.16. The van der Waals surface area contributed by atoms with E-state index in [1.807, 2.05) is 0 Å². The van der Waals surface area contributed by atoms with Gasteiger partial charge in [0.1, 0.15) is 11.4 Å². The number of hydrazone groups is 1. The Bertz CT molecular complexity index is 997. The predicted molar refractivity (Wildman–Crippen MR) is 91.3 cm³/mol. The number of non-ortho nitro benzene ring substituents is 1. The summed E-state index contributed by atoms with van der Waals surface area (Å²) in [4.78, 5) is 38.6. The molecule has 1 aromatic heterocycles. The number of hydrogen-bond acceptors (Lipinski definition) is 7. The Morgan fingerprint density at radius 2 is 2.23 bits per heavy atom. The highest BCUT2D eigenvalue weighted by Crippen LogP contribution is 2.35. The van der Waals surface area contributed by atoms with Crippen molar-refractivity contribution in [1.29, 1.82) is 0 Å². The molecule has 2 atom stereocenters. The van der Waals surface area contributed by atoms with E-state index in [0.717, 1.165) is 6.20 Å². The van der Waals surface area contributed by atoms with E-state index in [4.69, 9.17) is 5.84 Å². The van der Waals surface area contributed by atoms with Crippen molar-refractivity contribution in [3.05, 3.63) is 67.9 Å². The second-order valence-electron chi connectivity index (χ2n) is 5.92. The fourth-order valence-corrected chi connectivity index (χ4v) is 3.16. The van der Waals surface area contributed by atoms with Crippen molar-refractivity contribution >= 4 is 17.4 Å². The molecular weight excluding hydrogens is 342 g/mol. The Balaban J connectivity index is 2.24. The molecule has 3 N–H and O–H groups in total. The fraction of sp³-hybridized carbons (Fsp3) is 0.250. The zero-order chi connectivity index (χ0) is 19.0. The second kappa shape index (κ2) is 6.39. The van der Waals surface area contributed by atoms with Crippen LogP contribution in [0.4, 0.5) is 5.69 Å². The highest BCUT2D eigenvalue weighted by Gasteiger charge is 2.34. The average Bonchev–Trinajstić information content (AvgIpc) is 2.61. The third-order valence-corrected chi connectivity index (χ3v) is 4.50. The lowest BCUT2D eigenvalue weighted by atomic mass is 9.86. The maximum atomic E-state index is 12.6. The number of carboxylic acids is 1. The first-order valence-corrected chi connectivity index (χ1v) is 7.70. The van der Waals surface area contributed by atoms with Gasteiger partial charge in [-0.2, -0.15) is 5.10 Å². The number of nitrogens with two attached hydrogens (primary N) is 1. The number of fused-ring (bicyclic) bond motifs is 1. The maximum Gasteiger partial charge on any atom is 0.342 e. The van der Waals surface area contributed by atoms with E-state index in [-0.39, 0.29) is 5.69 Å². The topological polar surface area (TPSA) is 154 Å². The van der Waals surface area contributed by atoms with Gasteiger partial charge in [-0.25, -0.2) is 9.78 Å². The van der Waals surface area contributed by atoms with Gasteiger partial charge in [0, 0.05) is 30.7 Å². The van der Waals surface area contributed by atoms with Crippen molar-refractivity contribution < 1.29 is 14.8 Å². The van der Waals surface area contributed by atoms with Gasteiger partial charge in [0.15, 0.2) is 0 Å². The predicted octanol–water partition coefficient (Wildman–Crippen LogP) is 1.26. The Labute approximate surface area is 146 Å². The maximum absolute atomic E-state index is 12.6. The number of carboxylic acid groups (broad SMARTS) is 1. The van der Waals surface area contributed by atoms with Crippen LogP contribution in [0.2, 0.25) is 0 Å². The molecule has 10 heteroatoms. The van der Waals surface area contributed by atoms with Crippen molar-refractivity contribution in [2.45, 2.75) is 25.3 Å². The zero-order valence-electron chi connectivity index (χ0n) is 13.7. The van der Waals surface area contributed by atoms with Crippen LogP contribution in [0, 0.1) is 10.1 Å². The summed E-state index contributed by atoms with van der Waals surface area (Å²) in [6, 6.07) is 5.42. The minimum Gasteiger partial charge on any atom is -0.477 e. The Morgan fingerprint density at radius 1 is 1.50 bits per heavy atom. The summed E-state index contributed by atoms with van der Waals surface area (Å²) in [6.45, 7) is 1.67. The normalized spacial score (nSPS) is 20.6. The van der Waals surface area contributed by atoms with E-state index in [9.17, 15) is 24.8 Å². The molecule has 0 aliphatic carbocycles. The van der Waals surface area contributed by atoms with Crippen molar-refractivity contribution in [3.8, 4) is 0 Å². The minimum atomic E-state index is -1.38. The number of benzene rings is 1. The largest absolute Gasteiger partial charge is 0.477 e. The highest BCUT2D eigenvalue weighted by atomic mass is 16.6. The first kappa shape index (κ1) is 17.3. The Hall–Kier alpha value is -3.56. The van der Waals surface area contributed by atoms with Gasteiger partial charge in [0.25, 0.3) is 11.2 Å². The van der Waals surface area contributed by atoms with Crippen LogP contribution in [-0.4, -0.2) is 31.3 Å². The number of rotatable bonds is 3. The molecule has 2 aromatic rings. The summed E-state index contributed by atoms with van der Waals surface area (Å²) in [5, 5.41) is 24.0. The lowest BCUT2D eigenvalue weighted by Gasteiger charge is -2.31. The van der Waals surface area contributed by atoms with E-state index in [1.165, 1.54) is 16.7 Å². The second-order valence-corrected chi connectivity index (χ2v) is 5.92. The van der Waals surface area contributed by atoms with Gasteiger partial charge < -0.3 is 10.9 Å². The van der Waals surface area contributed by atoms with Gasteiger partial charge in [-0.1, -0.05) is 12.1 Å². The van der Waals surface area contributed by atoms with E-state index in [1.54, 1.807) is 19.1 Å². The Kier molecular flexibility index (Phi) is 4.24. The summed E-state index contributed by atoms with van der Waals surface area (Å²) < 4.78 is 1.24. The van der Waals surface area contributed by atoms with Gasteiger partial charge >= 0.3 is 5.97 Å². The third kappa shape index (κ3) is 2.70. The molecule has 0 radical (unpaired) electrons. The van der Waals surface area contributed by atoms with Crippen LogP contribution in [0.3, 0.4) is 0 Å². The average molecular weight is 357 g/mol. The number of nitro groups is 1. The van der Waals surface area contributed by atoms with Crippen molar-refractivity contribution in [2.75, 3.05) is 0 Å². The highest BCUT2D eigenvalue weighted by molar-refractivity contribution is 5.91. The van der Waals surface area contributed by atoms with E-state index in [2.05, 4.69) is 10.1 Å². The molecule has 0 bridgehead atoms. The van der Waals surface area contributed by atoms with Crippen LogP contribution in [0.25, 0.3) is 0 Å². The van der Waals surface area contributed by atoms with E-state index in [0.29, 0.717) is 23.5 Å². The van der Waals surface area contributed by atoms with Gasteiger partial charge in [-0.15, -0.1) is 0 Å². The lowest BCUT2D eigenvalue weighted by molar-refractivity contribution is -0.384.